The fourth-order valence-corrected chi connectivity index (χ4v) is 1.23. The summed E-state index contributed by atoms with van der Waals surface area (Å²) in [5, 5.41) is 0. The second-order valence-electron chi connectivity index (χ2n) is 2.99. The molecule has 0 bridgehead atoms. The summed E-state index contributed by atoms with van der Waals surface area (Å²) in [7, 11) is 0. The van der Waals surface area contributed by atoms with Crippen LogP contribution < -0.4 is 22.9 Å². The Hall–Kier alpha value is -0.160. The summed E-state index contributed by atoms with van der Waals surface area (Å²) in [5.41, 5.74) is 22.1. The van der Waals surface area contributed by atoms with Crippen molar-refractivity contribution in [1.82, 2.24) is 0 Å². The van der Waals surface area contributed by atoms with Gasteiger partial charge >= 0.3 is 0 Å². The van der Waals surface area contributed by atoms with Gasteiger partial charge in [-0.15, -0.1) is 0 Å². The van der Waals surface area contributed by atoms with Crippen molar-refractivity contribution < 1.29 is 0 Å². The van der Waals surface area contributed by atoms with E-state index in [1.807, 2.05) is 0 Å². The van der Waals surface area contributed by atoms with Gasteiger partial charge in [0.25, 0.3) is 0 Å². The highest BCUT2D eigenvalue weighted by Gasteiger charge is 2.24. The third-order valence-electron chi connectivity index (χ3n) is 2.22. The molecule has 0 aliphatic carbocycles. The summed E-state index contributed by atoms with van der Waals surface area (Å²) < 4.78 is 0. The van der Waals surface area contributed by atoms with Crippen molar-refractivity contribution in [2.45, 2.75) is 12.8 Å². The molecule has 0 amide bonds. The van der Waals surface area contributed by atoms with Gasteiger partial charge in [0.1, 0.15) is 0 Å². The first-order valence-corrected chi connectivity index (χ1v) is 4.05. The number of hydrogen-bond donors (Lipinski definition) is 4. The minimum atomic E-state index is -0.0104. The second kappa shape index (κ2) is 5.49. The van der Waals surface area contributed by atoms with Gasteiger partial charge in [-0.1, -0.05) is 0 Å². The van der Waals surface area contributed by atoms with Crippen LogP contribution in [-0.2, 0) is 0 Å². The fraction of sp³-hybridized carbons (Fsp3) is 1.00. The summed E-state index contributed by atoms with van der Waals surface area (Å²) in [6.45, 7) is 2.43. The molecular weight excluding hydrogens is 140 g/mol. The minimum absolute atomic E-state index is 0.0104. The molecule has 0 unspecified atom stereocenters. The highest BCUT2D eigenvalue weighted by atomic mass is 14.7. The predicted octanol–water partition coefficient (Wildman–Crippen LogP) is -1.41. The molecule has 0 aromatic heterocycles. The Morgan fingerprint density at radius 2 is 1.09 bits per heavy atom. The van der Waals surface area contributed by atoms with Gasteiger partial charge in [-0.05, 0) is 44.4 Å². The molecule has 0 spiro atoms. The molecule has 0 atom stereocenters. The van der Waals surface area contributed by atoms with Crippen molar-refractivity contribution in [3.63, 3.8) is 0 Å². The van der Waals surface area contributed by atoms with Crippen molar-refractivity contribution in [2.24, 2.45) is 28.3 Å². The lowest BCUT2D eigenvalue weighted by molar-refractivity contribution is 0.270. The van der Waals surface area contributed by atoms with E-state index in [-0.39, 0.29) is 5.41 Å². The molecule has 11 heavy (non-hydrogen) atoms. The van der Waals surface area contributed by atoms with Crippen LogP contribution >= 0.6 is 0 Å². The quantitative estimate of drug-likeness (QED) is 0.383. The van der Waals surface area contributed by atoms with E-state index in [4.69, 9.17) is 22.9 Å². The lowest BCUT2D eigenvalue weighted by Crippen LogP contribution is -2.41. The Morgan fingerprint density at radius 1 is 0.727 bits per heavy atom. The van der Waals surface area contributed by atoms with Gasteiger partial charge < -0.3 is 22.9 Å². The van der Waals surface area contributed by atoms with Crippen molar-refractivity contribution >= 4 is 0 Å². The lowest BCUT2D eigenvalue weighted by atomic mass is 9.81. The predicted molar refractivity (Wildman–Crippen MR) is 47.9 cm³/mol. The van der Waals surface area contributed by atoms with Crippen LogP contribution in [0.4, 0.5) is 0 Å². The molecule has 0 fully saturated rings. The molecular formula is C7H20N4. The Bertz CT molecular complexity index is 82.4. The highest BCUT2D eigenvalue weighted by Crippen LogP contribution is 2.21. The van der Waals surface area contributed by atoms with Crippen LogP contribution in [0.5, 0.6) is 0 Å². The fourth-order valence-electron chi connectivity index (χ4n) is 1.23. The largest absolute Gasteiger partial charge is 0.330 e. The van der Waals surface area contributed by atoms with E-state index >= 15 is 0 Å². The standard InChI is InChI=1S/C7H20N4/c8-3-1-7(5-10,6-11)2-4-9/h1-6,8-11H2. The Balaban J connectivity index is 3.96. The SMILES string of the molecule is NCCC(CN)(CN)CCN. The van der Waals surface area contributed by atoms with Crippen molar-refractivity contribution in [3.8, 4) is 0 Å². The van der Waals surface area contributed by atoms with E-state index in [0.29, 0.717) is 26.2 Å². The van der Waals surface area contributed by atoms with Gasteiger partial charge in [-0.25, -0.2) is 0 Å². The summed E-state index contributed by atoms with van der Waals surface area (Å²) >= 11 is 0. The van der Waals surface area contributed by atoms with Crippen LogP contribution in [-0.4, -0.2) is 26.2 Å². The average Bonchev–Trinajstić information content (AvgIpc) is 2.04. The Morgan fingerprint density at radius 3 is 1.27 bits per heavy atom. The smallest absolute Gasteiger partial charge is 0.000748 e. The van der Waals surface area contributed by atoms with Crippen LogP contribution in [0.1, 0.15) is 12.8 Å². The lowest BCUT2D eigenvalue weighted by Gasteiger charge is -2.30. The van der Waals surface area contributed by atoms with E-state index in [2.05, 4.69) is 0 Å². The third-order valence-corrected chi connectivity index (χ3v) is 2.22. The van der Waals surface area contributed by atoms with E-state index in [9.17, 15) is 0 Å². The van der Waals surface area contributed by atoms with Crippen LogP contribution in [0, 0.1) is 5.41 Å². The molecule has 0 aliphatic rings. The van der Waals surface area contributed by atoms with Crippen molar-refractivity contribution in [2.75, 3.05) is 26.2 Å². The molecule has 0 rings (SSSR count). The van der Waals surface area contributed by atoms with Crippen LogP contribution in [0.25, 0.3) is 0 Å². The zero-order valence-corrected chi connectivity index (χ0v) is 7.05. The Labute approximate surface area is 68.3 Å². The molecule has 0 aromatic carbocycles. The Kier molecular flexibility index (Phi) is 5.41. The zero-order chi connectivity index (χ0) is 8.74. The molecule has 0 heterocycles. The molecule has 0 radical (unpaired) electrons. The van der Waals surface area contributed by atoms with Crippen molar-refractivity contribution in [1.29, 1.82) is 0 Å². The molecule has 4 heteroatoms. The molecule has 4 nitrogen and oxygen atoms in total. The highest BCUT2D eigenvalue weighted by molar-refractivity contribution is 4.81. The van der Waals surface area contributed by atoms with Gasteiger partial charge in [0, 0.05) is 0 Å². The molecule has 0 aromatic rings. The normalized spacial score (nSPS) is 12.0. The maximum absolute atomic E-state index is 5.60. The molecule has 8 N–H and O–H groups in total. The average molecular weight is 160 g/mol. The van der Waals surface area contributed by atoms with Gasteiger partial charge in [0.15, 0.2) is 0 Å². The first-order valence-electron chi connectivity index (χ1n) is 4.05. The zero-order valence-electron chi connectivity index (χ0n) is 7.05. The van der Waals surface area contributed by atoms with Crippen LogP contribution in [0.3, 0.4) is 0 Å². The van der Waals surface area contributed by atoms with Gasteiger partial charge in [0.2, 0.25) is 0 Å². The third kappa shape index (κ3) is 3.16. The maximum atomic E-state index is 5.60. The van der Waals surface area contributed by atoms with Gasteiger partial charge in [-0.2, -0.15) is 0 Å². The maximum Gasteiger partial charge on any atom is -0.000748 e. The van der Waals surface area contributed by atoms with E-state index in [1.54, 1.807) is 0 Å². The summed E-state index contributed by atoms with van der Waals surface area (Å²) in [5.74, 6) is 0. The van der Waals surface area contributed by atoms with Crippen molar-refractivity contribution in [3.05, 3.63) is 0 Å². The number of rotatable bonds is 6. The molecule has 0 aliphatic heterocycles. The van der Waals surface area contributed by atoms with Crippen LogP contribution in [0.15, 0.2) is 0 Å². The number of hydrogen-bond acceptors (Lipinski definition) is 4. The monoisotopic (exact) mass is 160 g/mol. The second-order valence-corrected chi connectivity index (χ2v) is 2.99. The topological polar surface area (TPSA) is 104 Å². The first-order chi connectivity index (χ1) is 5.24. The summed E-state index contributed by atoms with van der Waals surface area (Å²) in [6, 6.07) is 0. The number of nitrogens with two attached hydrogens (primary N) is 4. The van der Waals surface area contributed by atoms with Gasteiger partial charge in [-0.3, -0.25) is 0 Å². The molecule has 0 saturated heterocycles. The van der Waals surface area contributed by atoms with E-state index in [1.165, 1.54) is 0 Å². The molecule has 0 saturated carbocycles. The first kappa shape index (κ1) is 10.8. The molecule has 68 valence electrons. The minimum Gasteiger partial charge on any atom is -0.330 e. The van der Waals surface area contributed by atoms with Gasteiger partial charge in [0.05, 0.1) is 0 Å². The van der Waals surface area contributed by atoms with E-state index < -0.39 is 0 Å². The summed E-state index contributed by atoms with van der Waals surface area (Å²) in [4.78, 5) is 0. The summed E-state index contributed by atoms with van der Waals surface area (Å²) in [6.07, 6.45) is 1.74. The van der Waals surface area contributed by atoms with E-state index in [0.717, 1.165) is 12.8 Å². The van der Waals surface area contributed by atoms with Crippen LogP contribution in [0.2, 0.25) is 0 Å².